The molecule has 0 aromatic carbocycles. The molecular formula is C15H25N5O8S2. The molecule has 0 bridgehead atoms. The van der Waals surface area contributed by atoms with E-state index < -0.39 is 72.6 Å². The molecular weight excluding hydrogens is 442 g/mol. The van der Waals surface area contributed by atoms with Crippen LogP contribution in [0.5, 0.6) is 0 Å². The summed E-state index contributed by atoms with van der Waals surface area (Å²) in [5.74, 6) is -6.60. The number of carboxylic acids is 2. The van der Waals surface area contributed by atoms with E-state index >= 15 is 0 Å². The molecule has 15 heteroatoms. The van der Waals surface area contributed by atoms with E-state index in [0.717, 1.165) is 0 Å². The lowest BCUT2D eigenvalue weighted by Gasteiger charge is -2.24. The van der Waals surface area contributed by atoms with Gasteiger partial charge in [-0.2, -0.15) is 25.3 Å². The van der Waals surface area contributed by atoms with Gasteiger partial charge in [0.25, 0.3) is 0 Å². The molecule has 0 rings (SSSR count). The summed E-state index contributed by atoms with van der Waals surface area (Å²) < 4.78 is 0. The van der Waals surface area contributed by atoms with Crippen molar-refractivity contribution in [2.24, 2.45) is 11.5 Å². The maximum Gasteiger partial charge on any atom is 0.326 e. The molecule has 13 nitrogen and oxygen atoms in total. The van der Waals surface area contributed by atoms with Crippen LogP contribution in [0.15, 0.2) is 0 Å². The van der Waals surface area contributed by atoms with Crippen LogP contribution >= 0.6 is 25.3 Å². The minimum Gasteiger partial charge on any atom is -0.481 e. The van der Waals surface area contributed by atoms with Gasteiger partial charge in [-0.05, 0) is 6.42 Å². The van der Waals surface area contributed by atoms with E-state index in [1.54, 1.807) is 0 Å². The van der Waals surface area contributed by atoms with Gasteiger partial charge in [0.05, 0.1) is 12.5 Å². The van der Waals surface area contributed by atoms with Crippen molar-refractivity contribution in [3.8, 4) is 0 Å². The van der Waals surface area contributed by atoms with Crippen LogP contribution in [0.4, 0.5) is 0 Å². The van der Waals surface area contributed by atoms with Gasteiger partial charge in [0.2, 0.25) is 23.6 Å². The smallest absolute Gasteiger partial charge is 0.326 e. The highest BCUT2D eigenvalue weighted by Gasteiger charge is 2.30. The minimum absolute atomic E-state index is 0.00677. The zero-order valence-electron chi connectivity index (χ0n) is 15.7. The van der Waals surface area contributed by atoms with Gasteiger partial charge in [-0.15, -0.1) is 0 Å². The molecule has 9 N–H and O–H groups in total. The van der Waals surface area contributed by atoms with Crippen molar-refractivity contribution in [3.05, 3.63) is 0 Å². The Kier molecular flexibility index (Phi) is 12.5. The molecule has 0 saturated carbocycles. The second kappa shape index (κ2) is 13.7. The largest absolute Gasteiger partial charge is 0.481 e. The fraction of sp³-hybridized carbons (Fsp3) is 0.600. The van der Waals surface area contributed by atoms with Crippen LogP contribution in [0.25, 0.3) is 0 Å². The Bertz CT molecular complexity index is 677. The summed E-state index contributed by atoms with van der Waals surface area (Å²) in [6, 6.07) is -5.36. The lowest BCUT2D eigenvalue weighted by atomic mass is 10.1. The molecule has 0 fully saturated rings. The van der Waals surface area contributed by atoms with Crippen LogP contribution in [0.2, 0.25) is 0 Å². The standard InChI is InChI=1S/C15H25N5O8S2/c16-6(4-29)12(24)20-9(5-30)14(26)18-7(1-2-11(22)23)13(25)19-8(15(27)28)3-10(17)21/h6-9,29-30H,1-5,16H2,(H2,17,21)(H,18,26)(H,19,25)(H,20,24)(H,22,23)(H,27,28). The first kappa shape index (κ1) is 27.5. The summed E-state index contributed by atoms with van der Waals surface area (Å²) >= 11 is 7.81. The summed E-state index contributed by atoms with van der Waals surface area (Å²) in [4.78, 5) is 69.6. The number of primary amides is 1. The van der Waals surface area contributed by atoms with Crippen molar-refractivity contribution in [2.45, 2.75) is 43.4 Å². The van der Waals surface area contributed by atoms with E-state index in [4.69, 9.17) is 21.7 Å². The molecule has 0 aliphatic rings. The summed E-state index contributed by atoms with van der Waals surface area (Å²) in [7, 11) is 0. The van der Waals surface area contributed by atoms with Gasteiger partial charge in [-0.25, -0.2) is 4.79 Å². The van der Waals surface area contributed by atoms with Gasteiger partial charge in [0, 0.05) is 17.9 Å². The number of rotatable bonds is 14. The number of thiol groups is 2. The number of nitrogens with two attached hydrogens (primary N) is 2. The minimum atomic E-state index is -1.67. The molecule has 0 spiro atoms. The summed E-state index contributed by atoms with van der Waals surface area (Å²) in [6.07, 6.45) is -1.63. The molecule has 0 radical (unpaired) electrons. The van der Waals surface area contributed by atoms with Crippen molar-refractivity contribution < 1.29 is 39.0 Å². The van der Waals surface area contributed by atoms with Gasteiger partial charge in [0.1, 0.15) is 18.1 Å². The first-order chi connectivity index (χ1) is 13.9. The molecule has 0 aliphatic carbocycles. The topological polar surface area (TPSA) is 231 Å². The number of carboxylic acid groups (broad SMARTS) is 2. The Hall–Kier alpha value is -2.52. The Morgan fingerprint density at radius 1 is 0.800 bits per heavy atom. The average Bonchev–Trinajstić information content (AvgIpc) is 2.66. The maximum atomic E-state index is 12.4. The number of hydrogen-bond donors (Lipinski definition) is 9. The lowest BCUT2D eigenvalue weighted by Crippen LogP contribution is -2.58. The second-order valence-electron chi connectivity index (χ2n) is 6.10. The summed E-state index contributed by atoms with van der Waals surface area (Å²) in [5.41, 5.74) is 10.4. The molecule has 0 aromatic rings. The van der Waals surface area contributed by atoms with Gasteiger partial charge < -0.3 is 37.6 Å². The van der Waals surface area contributed by atoms with E-state index in [-0.39, 0.29) is 17.9 Å². The molecule has 170 valence electrons. The lowest BCUT2D eigenvalue weighted by molar-refractivity contribution is -0.144. The van der Waals surface area contributed by atoms with E-state index in [1.807, 2.05) is 5.32 Å². The molecule has 4 unspecified atom stereocenters. The summed E-state index contributed by atoms with van der Waals surface area (Å²) in [5, 5.41) is 24.5. The molecule has 0 aliphatic heterocycles. The van der Waals surface area contributed by atoms with E-state index in [9.17, 15) is 28.8 Å². The zero-order valence-corrected chi connectivity index (χ0v) is 17.5. The van der Waals surface area contributed by atoms with Crippen molar-refractivity contribution in [3.63, 3.8) is 0 Å². The van der Waals surface area contributed by atoms with E-state index in [2.05, 4.69) is 35.9 Å². The quantitative estimate of drug-likeness (QED) is 0.115. The molecule has 30 heavy (non-hydrogen) atoms. The molecule has 0 aromatic heterocycles. The van der Waals surface area contributed by atoms with Crippen molar-refractivity contribution in [1.29, 1.82) is 0 Å². The normalized spacial score (nSPS) is 14.5. The highest BCUT2D eigenvalue weighted by molar-refractivity contribution is 7.80. The average molecular weight is 468 g/mol. The van der Waals surface area contributed by atoms with Crippen molar-refractivity contribution in [1.82, 2.24) is 16.0 Å². The predicted octanol–water partition coefficient (Wildman–Crippen LogP) is -3.55. The highest BCUT2D eigenvalue weighted by Crippen LogP contribution is 2.03. The third-order valence-corrected chi connectivity index (χ3v) is 4.41. The van der Waals surface area contributed by atoms with E-state index in [0.29, 0.717) is 0 Å². The predicted molar refractivity (Wildman–Crippen MR) is 110 cm³/mol. The van der Waals surface area contributed by atoms with Crippen LogP contribution in [0.3, 0.4) is 0 Å². The van der Waals surface area contributed by atoms with Crippen LogP contribution < -0.4 is 27.4 Å². The Balaban J connectivity index is 5.34. The third-order valence-electron chi connectivity index (χ3n) is 3.65. The van der Waals surface area contributed by atoms with Crippen LogP contribution in [0, 0.1) is 0 Å². The van der Waals surface area contributed by atoms with E-state index in [1.165, 1.54) is 0 Å². The fourth-order valence-electron chi connectivity index (χ4n) is 2.04. The number of carbonyl (C=O) groups excluding carboxylic acids is 4. The highest BCUT2D eigenvalue weighted by atomic mass is 32.1. The van der Waals surface area contributed by atoms with Crippen LogP contribution in [0.1, 0.15) is 19.3 Å². The number of nitrogens with one attached hydrogen (secondary N) is 3. The molecule has 0 saturated heterocycles. The second-order valence-corrected chi connectivity index (χ2v) is 6.83. The zero-order chi connectivity index (χ0) is 23.4. The molecule has 0 heterocycles. The number of carbonyl (C=O) groups is 6. The molecule has 4 amide bonds. The van der Waals surface area contributed by atoms with Crippen molar-refractivity contribution >= 4 is 60.8 Å². The summed E-state index contributed by atoms with van der Waals surface area (Å²) in [6.45, 7) is 0. The Labute approximate surface area is 182 Å². The van der Waals surface area contributed by atoms with Crippen molar-refractivity contribution in [2.75, 3.05) is 11.5 Å². The third kappa shape index (κ3) is 10.3. The van der Waals surface area contributed by atoms with Gasteiger partial charge in [-0.3, -0.25) is 24.0 Å². The van der Waals surface area contributed by atoms with Crippen LogP contribution in [-0.4, -0.2) is 81.5 Å². The Morgan fingerprint density at radius 2 is 1.30 bits per heavy atom. The molecule has 4 atom stereocenters. The van der Waals surface area contributed by atoms with Crippen LogP contribution in [-0.2, 0) is 28.8 Å². The van der Waals surface area contributed by atoms with Gasteiger partial charge in [0.15, 0.2) is 0 Å². The first-order valence-electron chi connectivity index (χ1n) is 8.54. The number of hydrogen-bond acceptors (Lipinski definition) is 9. The SMILES string of the molecule is NC(=O)CC(NC(=O)C(CCC(=O)O)NC(=O)C(CS)NC(=O)C(N)CS)C(=O)O. The maximum absolute atomic E-state index is 12.4. The monoisotopic (exact) mass is 467 g/mol. The Morgan fingerprint density at radius 3 is 1.73 bits per heavy atom. The van der Waals surface area contributed by atoms with Gasteiger partial charge >= 0.3 is 11.9 Å². The van der Waals surface area contributed by atoms with Gasteiger partial charge in [-0.1, -0.05) is 0 Å². The number of aliphatic carboxylic acids is 2. The first-order valence-corrected chi connectivity index (χ1v) is 9.80. The fourth-order valence-corrected chi connectivity index (χ4v) is 2.46. The number of amides is 4.